The molecule has 1 aromatic carbocycles. The summed E-state index contributed by atoms with van der Waals surface area (Å²) in [4.78, 5) is 13.7. The molecule has 1 aromatic rings. The lowest BCUT2D eigenvalue weighted by atomic mass is 9.87. The van der Waals surface area contributed by atoms with E-state index in [1.54, 1.807) is 0 Å². The van der Waals surface area contributed by atoms with Gasteiger partial charge < -0.3 is 9.64 Å². The summed E-state index contributed by atoms with van der Waals surface area (Å²) in [6.45, 7) is 7.62. The van der Waals surface area contributed by atoms with Gasteiger partial charge in [-0.15, -0.1) is 12.4 Å². The number of halogens is 1. The minimum Gasteiger partial charge on any atom is -0.461 e. The summed E-state index contributed by atoms with van der Waals surface area (Å²) >= 11 is 0. The van der Waals surface area contributed by atoms with Gasteiger partial charge in [-0.05, 0) is 37.2 Å². The summed E-state index contributed by atoms with van der Waals surface area (Å²) in [6.07, 6.45) is 0. The van der Waals surface area contributed by atoms with E-state index in [-0.39, 0.29) is 23.8 Å². The molecule has 0 spiro atoms. The van der Waals surface area contributed by atoms with Crippen LogP contribution < -0.4 is 0 Å². The van der Waals surface area contributed by atoms with E-state index in [9.17, 15) is 4.79 Å². The maximum Gasteiger partial charge on any atom is 0.338 e. The molecule has 4 heteroatoms. The summed E-state index contributed by atoms with van der Waals surface area (Å²) in [6, 6.07) is 7.64. The minimum absolute atomic E-state index is 0. The second-order valence-electron chi connectivity index (χ2n) is 5.77. The number of benzene rings is 1. The van der Waals surface area contributed by atoms with Crippen LogP contribution in [-0.2, 0) is 10.2 Å². The van der Waals surface area contributed by atoms with Gasteiger partial charge >= 0.3 is 5.97 Å². The number of carbonyl (C=O) groups is 1. The van der Waals surface area contributed by atoms with Crippen molar-refractivity contribution in [2.24, 2.45) is 0 Å². The van der Waals surface area contributed by atoms with E-state index < -0.39 is 0 Å². The molecule has 0 aliphatic heterocycles. The normalized spacial score (nSPS) is 11.1. The molecule has 0 fully saturated rings. The molecule has 0 bridgehead atoms. The molecule has 0 heterocycles. The fourth-order valence-corrected chi connectivity index (χ4v) is 1.51. The van der Waals surface area contributed by atoms with Crippen LogP contribution in [0.1, 0.15) is 36.7 Å². The van der Waals surface area contributed by atoms with Gasteiger partial charge in [-0.25, -0.2) is 4.79 Å². The molecule has 19 heavy (non-hydrogen) atoms. The molecule has 0 saturated carbocycles. The SMILES string of the molecule is CN(C)CCOC(=O)c1ccc(C(C)(C)C)cc1.Cl. The Morgan fingerprint density at radius 2 is 1.68 bits per heavy atom. The maximum atomic E-state index is 11.7. The molecule has 108 valence electrons. The Labute approximate surface area is 122 Å². The second-order valence-corrected chi connectivity index (χ2v) is 5.77. The van der Waals surface area contributed by atoms with Crippen LogP contribution in [-0.4, -0.2) is 38.1 Å². The Balaban J connectivity index is 0.00000324. The van der Waals surface area contributed by atoms with E-state index in [2.05, 4.69) is 20.8 Å². The van der Waals surface area contributed by atoms with Gasteiger partial charge in [-0.1, -0.05) is 32.9 Å². The third-order valence-corrected chi connectivity index (χ3v) is 2.76. The predicted octanol–water partition coefficient (Wildman–Crippen LogP) is 3.12. The van der Waals surface area contributed by atoms with Crippen LogP contribution in [0.2, 0.25) is 0 Å². The van der Waals surface area contributed by atoms with Crippen molar-refractivity contribution < 1.29 is 9.53 Å². The largest absolute Gasteiger partial charge is 0.461 e. The number of carbonyl (C=O) groups excluding carboxylic acids is 1. The second kappa shape index (κ2) is 7.51. The third-order valence-electron chi connectivity index (χ3n) is 2.76. The van der Waals surface area contributed by atoms with Crippen molar-refractivity contribution in [3.05, 3.63) is 35.4 Å². The highest BCUT2D eigenvalue weighted by Gasteiger charge is 2.14. The Bertz CT molecular complexity index is 394. The van der Waals surface area contributed by atoms with E-state index in [1.165, 1.54) is 5.56 Å². The molecule has 0 radical (unpaired) electrons. The Morgan fingerprint density at radius 1 is 1.16 bits per heavy atom. The Kier molecular flexibility index (Phi) is 7.09. The number of ether oxygens (including phenoxy) is 1. The van der Waals surface area contributed by atoms with Crippen LogP contribution in [0.3, 0.4) is 0 Å². The molecular formula is C15H24ClNO2. The average molecular weight is 286 g/mol. The van der Waals surface area contributed by atoms with Crippen molar-refractivity contribution in [2.45, 2.75) is 26.2 Å². The van der Waals surface area contributed by atoms with Gasteiger partial charge in [0.1, 0.15) is 6.61 Å². The first-order valence-corrected chi connectivity index (χ1v) is 6.23. The standard InChI is InChI=1S/C15H23NO2.ClH/c1-15(2,3)13-8-6-12(7-9-13)14(17)18-11-10-16(4)5;/h6-9H,10-11H2,1-5H3;1H. The highest BCUT2D eigenvalue weighted by molar-refractivity contribution is 5.89. The monoisotopic (exact) mass is 285 g/mol. The van der Waals surface area contributed by atoms with E-state index >= 15 is 0 Å². The molecule has 0 amide bonds. The highest BCUT2D eigenvalue weighted by Crippen LogP contribution is 2.22. The predicted molar refractivity (Wildman–Crippen MR) is 81.2 cm³/mol. The lowest BCUT2D eigenvalue weighted by molar-refractivity contribution is 0.0482. The quantitative estimate of drug-likeness (QED) is 0.796. The summed E-state index contributed by atoms with van der Waals surface area (Å²) in [5.41, 5.74) is 1.93. The molecule has 3 nitrogen and oxygen atoms in total. The molecule has 0 aromatic heterocycles. The first-order valence-electron chi connectivity index (χ1n) is 6.23. The van der Waals surface area contributed by atoms with Crippen molar-refractivity contribution in [3.63, 3.8) is 0 Å². The molecule has 0 saturated heterocycles. The zero-order valence-corrected chi connectivity index (χ0v) is 13.2. The zero-order chi connectivity index (χ0) is 13.8. The number of hydrogen-bond donors (Lipinski definition) is 0. The van der Waals surface area contributed by atoms with E-state index in [4.69, 9.17) is 4.74 Å². The zero-order valence-electron chi connectivity index (χ0n) is 12.4. The molecule has 0 aliphatic rings. The fourth-order valence-electron chi connectivity index (χ4n) is 1.51. The van der Waals surface area contributed by atoms with Crippen LogP contribution in [0.5, 0.6) is 0 Å². The first kappa shape index (κ1) is 17.9. The van der Waals surface area contributed by atoms with E-state index in [1.807, 2.05) is 43.3 Å². The van der Waals surface area contributed by atoms with Crippen molar-refractivity contribution in [1.29, 1.82) is 0 Å². The molecule has 0 aliphatic carbocycles. The molecular weight excluding hydrogens is 262 g/mol. The lowest BCUT2D eigenvalue weighted by Gasteiger charge is -2.19. The van der Waals surface area contributed by atoms with Crippen molar-refractivity contribution in [1.82, 2.24) is 4.90 Å². The van der Waals surface area contributed by atoms with Crippen molar-refractivity contribution >= 4 is 18.4 Å². The van der Waals surface area contributed by atoms with E-state index in [0.29, 0.717) is 12.2 Å². The van der Waals surface area contributed by atoms with E-state index in [0.717, 1.165) is 6.54 Å². The summed E-state index contributed by atoms with van der Waals surface area (Å²) in [5.74, 6) is -0.252. The number of hydrogen-bond acceptors (Lipinski definition) is 3. The maximum absolute atomic E-state index is 11.7. The molecule has 0 N–H and O–H groups in total. The van der Waals surface area contributed by atoms with Gasteiger partial charge in [0.15, 0.2) is 0 Å². The molecule has 1 rings (SSSR count). The molecule has 0 unspecified atom stereocenters. The minimum atomic E-state index is -0.252. The van der Waals surface area contributed by atoms with Crippen LogP contribution in [0.4, 0.5) is 0 Å². The Hall–Kier alpha value is -1.06. The summed E-state index contributed by atoms with van der Waals surface area (Å²) in [7, 11) is 3.90. The smallest absolute Gasteiger partial charge is 0.338 e. The first-order chi connectivity index (χ1) is 8.30. The van der Waals surface area contributed by atoms with Crippen molar-refractivity contribution in [3.8, 4) is 0 Å². The van der Waals surface area contributed by atoms with Gasteiger partial charge in [-0.3, -0.25) is 0 Å². The van der Waals surface area contributed by atoms with Crippen molar-refractivity contribution in [2.75, 3.05) is 27.2 Å². The fraction of sp³-hybridized carbons (Fsp3) is 0.533. The summed E-state index contributed by atoms with van der Waals surface area (Å²) in [5, 5.41) is 0. The average Bonchev–Trinajstić information content (AvgIpc) is 2.27. The number of nitrogens with zero attached hydrogens (tertiary/aromatic N) is 1. The summed E-state index contributed by atoms with van der Waals surface area (Å²) < 4.78 is 5.18. The number of rotatable bonds is 4. The number of esters is 1. The van der Waals surface area contributed by atoms with Crippen LogP contribution in [0.25, 0.3) is 0 Å². The van der Waals surface area contributed by atoms with Crippen LogP contribution in [0.15, 0.2) is 24.3 Å². The van der Waals surface area contributed by atoms with Crippen LogP contribution >= 0.6 is 12.4 Å². The van der Waals surface area contributed by atoms with Gasteiger partial charge in [0.2, 0.25) is 0 Å². The molecule has 0 atom stereocenters. The lowest BCUT2D eigenvalue weighted by Crippen LogP contribution is -2.20. The van der Waals surface area contributed by atoms with Gasteiger partial charge in [-0.2, -0.15) is 0 Å². The third kappa shape index (κ3) is 6.08. The topological polar surface area (TPSA) is 29.5 Å². The highest BCUT2D eigenvalue weighted by atomic mass is 35.5. The Morgan fingerprint density at radius 3 is 2.11 bits per heavy atom. The van der Waals surface area contributed by atoms with Crippen LogP contribution in [0, 0.1) is 0 Å². The van der Waals surface area contributed by atoms with Gasteiger partial charge in [0, 0.05) is 6.54 Å². The number of likely N-dealkylation sites (N-methyl/N-ethyl adjacent to an activating group) is 1. The van der Waals surface area contributed by atoms with Gasteiger partial charge in [0.25, 0.3) is 0 Å². The van der Waals surface area contributed by atoms with Gasteiger partial charge in [0.05, 0.1) is 5.56 Å².